The van der Waals surface area contributed by atoms with Crippen LogP contribution < -0.4 is 20.1 Å². The largest absolute Gasteiger partial charge is 0.489 e. The molecule has 0 aliphatic rings. The zero-order chi connectivity index (χ0) is 32.4. The normalized spacial score (nSPS) is 14.5. The predicted molar refractivity (Wildman–Crippen MR) is 174 cm³/mol. The minimum absolute atomic E-state index is 0.0161. The second kappa shape index (κ2) is 16.7. The van der Waals surface area contributed by atoms with Crippen molar-refractivity contribution in [3.8, 4) is 11.5 Å². The molecule has 2 N–H and O–H groups in total. The molecular formula is C36H51FN2O5. The van der Waals surface area contributed by atoms with Crippen LogP contribution in [0.15, 0.2) is 46.9 Å². The van der Waals surface area contributed by atoms with Gasteiger partial charge in [0.2, 0.25) is 5.78 Å². The van der Waals surface area contributed by atoms with Crippen molar-refractivity contribution in [2.45, 2.75) is 105 Å². The topological polar surface area (TPSA) is 89.8 Å². The molecule has 2 unspecified atom stereocenters. The van der Waals surface area contributed by atoms with Crippen molar-refractivity contribution in [1.82, 2.24) is 10.6 Å². The Bertz CT molecular complexity index is 1370. The van der Waals surface area contributed by atoms with E-state index in [4.69, 9.17) is 13.9 Å². The van der Waals surface area contributed by atoms with E-state index in [9.17, 15) is 14.0 Å². The molecule has 1 heterocycles. The average Bonchev–Trinajstić information content (AvgIpc) is 3.39. The van der Waals surface area contributed by atoms with Crippen LogP contribution in [0.5, 0.6) is 11.5 Å². The molecule has 0 bridgehead atoms. The summed E-state index contributed by atoms with van der Waals surface area (Å²) in [6, 6.07) is 12.6. The molecule has 242 valence electrons. The summed E-state index contributed by atoms with van der Waals surface area (Å²) in [5.41, 5.74) is 1.43. The van der Waals surface area contributed by atoms with Gasteiger partial charge in [0.15, 0.2) is 5.76 Å². The molecule has 44 heavy (non-hydrogen) atoms. The predicted octanol–water partition coefficient (Wildman–Crippen LogP) is 7.54. The fraction of sp³-hybridized carbons (Fsp3) is 0.556. The van der Waals surface area contributed by atoms with Gasteiger partial charge in [0.1, 0.15) is 40.9 Å². The Morgan fingerprint density at radius 2 is 1.50 bits per heavy atom. The number of fused-ring (bicyclic) bond motifs is 1. The summed E-state index contributed by atoms with van der Waals surface area (Å²) in [6.07, 6.45) is 2.31. The van der Waals surface area contributed by atoms with Crippen LogP contribution in [0, 0.1) is 17.7 Å². The molecule has 0 saturated heterocycles. The molecular weight excluding hydrogens is 559 g/mol. The van der Waals surface area contributed by atoms with E-state index >= 15 is 0 Å². The molecule has 7 nitrogen and oxygen atoms in total. The highest BCUT2D eigenvalue weighted by atomic mass is 19.1. The van der Waals surface area contributed by atoms with E-state index < -0.39 is 0 Å². The number of Topliss-reactive ketones (excluding diaryl/α,β-unsaturated/α-hetero) is 2. The van der Waals surface area contributed by atoms with Crippen molar-refractivity contribution < 1.29 is 27.9 Å². The Kier molecular flexibility index (Phi) is 13.4. The molecule has 3 rings (SSSR count). The molecule has 0 fully saturated rings. The van der Waals surface area contributed by atoms with Crippen molar-refractivity contribution in [2.24, 2.45) is 11.8 Å². The van der Waals surface area contributed by atoms with Gasteiger partial charge < -0.3 is 24.5 Å². The van der Waals surface area contributed by atoms with E-state index in [2.05, 4.69) is 31.4 Å². The summed E-state index contributed by atoms with van der Waals surface area (Å²) in [4.78, 5) is 25.1. The van der Waals surface area contributed by atoms with Crippen molar-refractivity contribution in [1.29, 1.82) is 0 Å². The van der Waals surface area contributed by atoms with Gasteiger partial charge in [0.05, 0.1) is 0 Å². The van der Waals surface area contributed by atoms with Crippen molar-refractivity contribution >= 4 is 22.5 Å². The Morgan fingerprint density at radius 3 is 2.18 bits per heavy atom. The van der Waals surface area contributed by atoms with Crippen molar-refractivity contribution in [3.05, 3.63) is 59.6 Å². The van der Waals surface area contributed by atoms with Crippen LogP contribution in [-0.4, -0.2) is 48.9 Å². The van der Waals surface area contributed by atoms with Gasteiger partial charge in [-0.1, -0.05) is 34.6 Å². The van der Waals surface area contributed by atoms with Crippen molar-refractivity contribution in [3.63, 3.8) is 0 Å². The molecule has 1 aromatic heterocycles. The lowest BCUT2D eigenvalue weighted by Crippen LogP contribution is -2.35. The van der Waals surface area contributed by atoms with Gasteiger partial charge in [-0.05, 0) is 82.0 Å². The average molecular weight is 611 g/mol. The molecule has 0 aliphatic heterocycles. The first kappa shape index (κ1) is 35.3. The Labute approximate surface area is 262 Å². The summed E-state index contributed by atoms with van der Waals surface area (Å²) in [5.74, 6) is 1.20. The number of nitrogens with one attached hydrogen (secondary N) is 2. The fourth-order valence-electron chi connectivity index (χ4n) is 4.93. The van der Waals surface area contributed by atoms with Gasteiger partial charge in [0.25, 0.3) is 0 Å². The third-order valence-electron chi connectivity index (χ3n) is 7.67. The van der Waals surface area contributed by atoms with Gasteiger partial charge in [0, 0.05) is 54.9 Å². The zero-order valence-electron chi connectivity index (χ0n) is 27.7. The number of ketones is 2. The second-order valence-corrected chi connectivity index (χ2v) is 12.8. The number of hydrogen-bond acceptors (Lipinski definition) is 7. The van der Waals surface area contributed by atoms with Crippen LogP contribution in [0.3, 0.4) is 0 Å². The fourth-order valence-corrected chi connectivity index (χ4v) is 4.93. The van der Waals surface area contributed by atoms with Crippen LogP contribution in [0.25, 0.3) is 11.0 Å². The van der Waals surface area contributed by atoms with E-state index in [0.29, 0.717) is 49.1 Å². The van der Waals surface area contributed by atoms with E-state index in [1.807, 2.05) is 58.9 Å². The highest BCUT2D eigenvalue weighted by Gasteiger charge is 2.18. The summed E-state index contributed by atoms with van der Waals surface area (Å²) in [6.45, 7) is 17.2. The lowest BCUT2D eigenvalue weighted by atomic mass is 9.94. The third kappa shape index (κ3) is 11.4. The highest BCUT2D eigenvalue weighted by molar-refractivity contribution is 5.98. The molecule has 4 atom stereocenters. The summed E-state index contributed by atoms with van der Waals surface area (Å²) < 4.78 is 31.9. The van der Waals surface area contributed by atoms with Gasteiger partial charge in [-0.15, -0.1) is 0 Å². The van der Waals surface area contributed by atoms with Gasteiger partial charge >= 0.3 is 0 Å². The van der Waals surface area contributed by atoms with E-state index in [-0.39, 0.29) is 47.5 Å². The maximum Gasteiger partial charge on any atom is 0.200 e. The molecule has 2 aromatic carbocycles. The number of carbonyl (C=O) groups excluding carboxylic acids is 2. The van der Waals surface area contributed by atoms with Gasteiger partial charge in [-0.25, -0.2) is 4.39 Å². The number of furan rings is 1. The first-order chi connectivity index (χ1) is 20.8. The smallest absolute Gasteiger partial charge is 0.200 e. The molecule has 8 heteroatoms. The molecule has 0 aliphatic carbocycles. The van der Waals surface area contributed by atoms with Crippen LogP contribution >= 0.6 is 0 Å². The quantitative estimate of drug-likeness (QED) is 0.136. The van der Waals surface area contributed by atoms with Crippen LogP contribution in [0.4, 0.5) is 4.39 Å². The van der Waals surface area contributed by atoms with Crippen LogP contribution in [-0.2, 0) is 11.2 Å². The highest BCUT2D eigenvalue weighted by Crippen LogP contribution is 2.26. The second-order valence-electron chi connectivity index (χ2n) is 12.8. The van der Waals surface area contributed by atoms with Crippen molar-refractivity contribution in [2.75, 3.05) is 13.1 Å². The van der Waals surface area contributed by atoms with E-state index in [1.54, 1.807) is 6.07 Å². The molecule has 0 radical (unpaired) electrons. The number of halogens is 1. The maximum absolute atomic E-state index is 14.2. The third-order valence-corrected chi connectivity index (χ3v) is 7.67. The number of carbonyl (C=O) groups is 2. The van der Waals surface area contributed by atoms with Crippen LogP contribution in [0.2, 0.25) is 0 Å². The molecule has 0 amide bonds. The minimum atomic E-state index is -0.352. The van der Waals surface area contributed by atoms with E-state index in [0.717, 1.165) is 29.5 Å². The summed E-state index contributed by atoms with van der Waals surface area (Å²) in [7, 11) is 0. The number of hydrogen-bond donors (Lipinski definition) is 2. The van der Waals surface area contributed by atoms with E-state index in [1.165, 1.54) is 12.1 Å². The molecule has 3 aromatic rings. The molecule has 0 spiro atoms. The standard InChI is InChI=1S/C36H51FN2O5/c1-22(2)36(41)35-18-29-17-31(12-14-34(29)44-35)42-27(8)21-39-25(6)10-9-24(5)33(40)13-11-28-15-30(37)19-32(16-28)43-26(7)20-38-23(3)4/h12,14-19,22-27,38-39H,9-11,13,20-21H2,1-8H3/t24?,25?,26-,27+/m1/s1. The number of ether oxygens (including phenoxy) is 2. The monoisotopic (exact) mass is 610 g/mol. The number of aryl methyl sites for hydroxylation is 1. The lowest BCUT2D eigenvalue weighted by Gasteiger charge is -2.20. The first-order valence-electron chi connectivity index (χ1n) is 16.0. The number of benzene rings is 2. The Balaban J connectivity index is 1.39. The SMILES string of the molecule is CC(C)NC[C@@H](C)Oc1cc(F)cc(CCC(=O)C(C)CCC(C)NC[C@H](C)Oc2ccc3oc(C(=O)C(C)C)cc3c2)c1. The van der Waals surface area contributed by atoms with Crippen LogP contribution in [0.1, 0.15) is 90.8 Å². The molecule has 0 saturated carbocycles. The Morgan fingerprint density at radius 1 is 0.818 bits per heavy atom. The summed E-state index contributed by atoms with van der Waals surface area (Å²) >= 11 is 0. The number of rotatable bonds is 19. The first-order valence-corrected chi connectivity index (χ1v) is 16.0. The van der Waals surface area contributed by atoms with Gasteiger partial charge in [-0.3, -0.25) is 9.59 Å². The lowest BCUT2D eigenvalue weighted by molar-refractivity contribution is -0.122. The maximum atomic E-state index is 14.2. The van der Waals surface area contributed by atoms with Gasteiger partial charge in [-0.2, -0.15) is 0 Å². The minimum Gasteiger partial charge on any atom is -0.489 e. The summed E-state index contributed by atoms with van der Waals surface area (Å²) in [5, 5.41) is 7.66. The zero-order valence-corrected chi connectivity index (χ0v) is 27.7. The Hall–Kier alpha value is -3.23.